The van der Waals surface area contributed by atoms with E-state index in [9.17, 15) is 24.5 Å². The molecule has 2 N–H and O–H groups in total. The van der Waals surface area contributed by atoms with Gasteiger partial charge in [-0.05, 0) is 23.4 Å². The van der Waals surface area contributed by atoms with Gasteiger partial charge in [0.1, 0.15) is 11.7 Å². The van der Waals surface area contributed by atoms with Crippen molar-refractivity contribution in [1.82, 2.24) is 5.32 Å². The molecular formula is C18H19N3O6S. The number of nitrogens with zero attached hydrogens (tertiary/aromatic N) is 1. The van der Waals surface area contributed by atoms with Crippen LogP contribution in [0, 0.1) is 16.0 Å². The fourth-order valence-corrected chi connectivity index (χ4v) is 2.90. The molecule has 28 heavy (non-hydrogen) atoms. The number of benzene rings is 1. The van der Waals surface area contributed by atoms with Gasteiger partial charge in [-0.15, -0.1) is 11.3 Å². The van der Waals surface area contributed by atoms with Crippen LogP contribution >= 0.6 is 11.3 Å². The molecule has 10 heteroatoms. The molecule has 148 valence electrons. The Morgan fingerprint density at radius 1 is 1.18 bits per heavy atom. The zero-order valence-electron chi connectivity index (χ0n) is 15.2. The van der Waals surface area contributed by atoms with Crippen LogP contribution < -0.4 is 10.6 Å². The Kier molecular flexibility index (Phi) is 7.21. The monoisotopic (exact) mass is 405 g/mol. The molecule has 0 radical (unpaired) electrons. The molecule has 2 amide bonds. The fraction of sp³-hybridized carbons (Fsp3) is 0.278. The van der Waals surface area contributed by atoms with Crippen molar-refractivity contribution in [3.63, 3.8) is 0 Å². The van der Waals surface area contributed by atoms with E-state index in [2.05, 4.69) is 10.6 Å². The van der Waals surface area contributed by atoms with Crippen LogP contribution in [0.2, 0.25) is 0 Å². The van der Waals surface area contributed by atoms with Gasteiger partial charge in [-0.25, -0.2) is 4.79 Å². The summed E-state index contributed by atoms with van der Waals surface area (Å²) in [6.07, 6.45) is 0. The predicted molar refractivity (Wildman–Crippen MR) is 103 cm³/mol. The molecule has 0 fully saturated rings. The summed E-state index contributed by atoms with van der Waals surface area (Å²) >= 11 is 1.24. The van der Waals surface area contributed by atoms with Crippen LogP contribution in [-0.4, -0.2) is 35.4 Å². The number of nitro groups is 1. The summed E-state index contributed by atoms with van der Waals surface area (Å²) < 4.78 is 4.99. The van der Waals surface area contributed by atoms with Crippen LogP contribution in [0.3, 0.4) is 0 Å². The molecule has 0 unspecified atom stereocenters. The summed E-state index contributed by atoms with van der Waals surface area (Å²) in [4.78, 5) is 47.2. The molecular weight excluding hydrogens is 386 g/mol. The maximum absolute atomic E-state index is 12.3. The molecule has 0 bridgehead atoms. The quantitative estimate of drug-likeness (QED) is 0.395. The maximum Gasteiger partial charge on any atom is 0.329 e. The van der Waals surface area contributed by atoms with Gasteiger partial charge in [0.2, 0.25) is 0 Å². The van der Waals surface area contributed by atoms with Gasteiger partial charge < -0.3 is 15.4 Å². The standard InChI is InChI=1S/C18H19N3O6S/c1-11(2)16(20-17(23)14-8-5-9-28-14)18(24)27-10-15(22)19-12-6-3-4-7-13(12)21(25)26/h3-9,11,16H,10H2,1-2H3,(H,19,22)(H,20,23)/t16-/m1/s1. The summed E-state index contributed by atoms with van der Waals surface area (Å²) in [7, 11) is 0. The van der Waals surface area contributed by atoms with Crippen LogP contribution in [-0.2, 0) is 14.3 Å². The molecule has 0 aliphatic carbocycles. The Bertz CT molecular complexity index is 866. The molecule has 0 spiro atoms. The highest BCUT2D eigenvalue weighted by Gasteiger charge is 2.27. The molecule has 2 aromatic rings. The summed E-state index contributed by atoms with van der Waals surface area (Å²) in [5.41, 5.74) is -0.273. The van der Waals surface area contributed by atoms with Gasteiger partial charge in [-0.3, -0.25) is 19.7 Å². The van der Waals surface area contributed by atoms with Gasteiger partial charge in [0.25, 0.3) is 17.5 Å². The number of carbonyl (C=O) groups is 3. The minimum Gasteiger partial charge on any atom is -0.454 e. The van der Waals surface area contributed by atoms with Crippen molar-refractivity contribution in [3.05, 3.63) is 56.8 Å². The summed E-state index contributed by atoms with van der Waals surface area (Å²) in [5, 5.41) is 17.6. The zero-order valence-corrected chi connectivity index (χ0v) is 16.0. The van der Waals surface area contributed by atoms with Gasteiger partial charge in [0, 0.05) is 6.07 Å². The Balaban J connectivity index is 1.94. The third-order valence-corrected chi connectivity index (χ3v) is 4.54. The maximum atomic E-state index is 12.3. The highest BCUT2D eigenvalue weighted by Crippen LogP contribution is 2.23. The van der Waals surface area contributed by atoms with Crippen molar-refractivity contribution in [2.75, 3.05) is 11.9 Å². The van der Waals surface area contributed by atoms with Crippen molar-refractivity contribution in [1.29, 1.82) is 0 Å². The van der Waals surface area contributed by atoms with E-state index < -0.39 is 35.4 Å². The molecule has 0 saturated carbocycles. The minimum absolute atomic E-state index is 0.0000401. The van der Waals surface area contributed by atoms with E-state index in [0.717, 1.165) is 0 Å². The number of thiophene rings is 1. The largest absolute Gasteiger partial charge is 0.454 e. The predicted octanol–water partition coefficient (Wildman–Crippen LogP) is 2.59. The molecule has 0 aliphatic heterocycles. The Labute approximate surface area is 164 Å². The Hall–Kier alpha value is -3.27. The second-order valence-corrected chi connectivity index (χ2v) is 7.05. The van der Waals surface area contributed by atoms with Gasteiger partial charge in [-0.1, -0.05) is 32.0 Å². The Morgan fingerprint density at radius 2 is 1.89 bits per heavy atom. The molecule has 1 aromatic carbocycles. The first-order chi connectivity index (χ1) is 13.3. The SMILES string of the molecule is CC(C)[C@@H](NC(=O)c1cccs1)C(=O)OCC(=O)Nc1ccccc1[N+](=O)[O-]. The van der Waals surface area contributed by atoms with Gasteiger partial charge >= 0.3 is 5.97 Å². The van der Waals surface area contributed by atoms with Gasteiger partial charge in [0.05, 0.1) is 9.80 Å². The van der Waals surface area contributed by atoms with Crippen molar-refractivity contribution < 1.29 is 24.0 Å². The van der Waals surface area contributed by atoms with E-state index in [4.69, 9.17) is 4.74 Å². The van der Waals surface area contributed by atoms with Crippen molar-refractivity contribution in [2.45, 2.75) is 19.9 Å². The number of anilines is 1. The molecule has 0 saturated heterocycles. The van der Waals surface area contributed by atoms with Crippen molar-refractivity contribution in [3.8, 4) is 0 Å². The van der Waals surface area contributed by atoms with Crippen LogP contribution in [0.1, 0.15) is 23.5 Å². The number of carbonyl (C=O) groups excluding carboxylic acids is 3. The van der Waals surface area contributed by atoms with E-state index >= 15 is 0 Å². The first-order valence-corrected chi connectivity index (χ1v) is 9.22. The van der Waals surface area contributed by atoms with Crippen LogP contribution in [0.15, 0.2) is 41.8 Å². The lowest BCUT2D eigenvalue weighted by Gasteiger charge is -2.20. The minimum atomic E-state index is -0.937. The van der Waals surface area contributed by atoms with Gasteiger partial charge in [-0.2, -0.15) is 0 Å². The first-order valence-electron chi connectivity index (χ1n) is 8.34. The van der Waals surface area contributed by atoms with Crippen LogP contribution in [0.5, 0.6) is 0 Å². The van der Waals surface area contributed by atoms with E-state index in [0.29, 0.717) is 4.88 Å². The molecule has 1 aromatic heterocycles. The highest BCUT2D eigenvalue weighted by atomic mass is 32.1. The number of nitro benzene ring substituents is 1. The van der Waals surface area contributed by atoms with Crippen LogP contribution in [0.4, 0.5) is 11.4 Å². The number of hydrogen-bond donors (Lipinski definition) is 2. The first kappa shape index (κ1) is 21.0. The topological polar surface area (TPSA) is 128 Å². The average Bonchev–Trinajstić information content (AvgIpc) is 3.19. The second-order valence-electron chi connectivity index (χ2n) is 6.10. The fourth-order valence-electron chi connectivity index (χ4n) is 2.27. The third-order valence-electron chi connectivity index (χ3n) is 3.67. The normalized spacial score (nSPS) is 11.5. The number of para-hydroxylation sites is 2. The lowest BCUT2D eigenvalue weighted by atomic mass is 10.0. The van der Waals surface area contributed by atoms with E-state index in [1.807, 2.05) is 0 Å². The molecule has 1 atom stereocenters. The molecule has 2 rings (SSSR count). The highest BCUT2D eigenvalue weighted by molar-refractivity contribution is 7.12. The number of amides is 2. The average molecular weight is 405 g/mol. The second kappa shape index (κ2) is 9.60. The smallest absolute Gasteiger partial charge is 0.329 e. The van der Waals surface area contributed by atoms with Gasteiger partial charge in [0.15, 0.2) is 6.61 Å². The third kappa shape index (κ3) is 5.61. The zero-order chi connectivity index (χ0) is 20.7. The van der Waals surface area contributed by atoms with E-state index in [1.165, 1.54) is 35.6 Å². The number of nitrogens with one attached hydrogen (secondary N) is 2. The van der Waals surface area contributed by atoms with Crippen LogP contribution in [0.25, 0.3) is 0 Å². The van der Waals surface area contributed by atoms with Crippen molar-refractivity contribution >= 4 is 40.5 Å². The number of rotatable bonds is 8. The Morgan fingerprint density at radius 3 is 2.50 bits per heavy atom. The lowest BCUT2D eigenvalue weighted by Crippen LogP contribution is -2.45. The summed E-state index contributed by atoms with van der Waals surface area (Å²) in [6.45, 7) is 2.82. The molecule has 1 heterocycles. The number of hydrogen-bond acceptors (Lipinski definition) is 7. The number of esters is 1. The van der Waals surface area contributed by atoms with Crippen molar-refractivity contribution in [2.24, 2.45) is 5.92 Å². The summed E-state index contributed by atoms with van der Waals surface area (Å²) in [6, 6.07) is 8.03. The molecule has 9 nitrogen and oxygen atoms in total. The number of ether oxygens (including phenoxy) is 1. The summed E-state index contributed by atoms with van der Waals surface area (Å²) in [5.74, 6) is -2.17. The lowest BCUT2D eigenvalue weighted by molar-refractivity contribution is -0.383. The molecule has 0 aliphatic rings. The van der Waals surface area contributed by atoms with E-state index in [1.54, 1.807) is 31.4 Å². The van der Waals surface area contributed by atoms with E-state index in [-0.39, 0.29) is 17.3 Å².